The number of nitrogens with one attached hydrogen (secondary N) is 1. The highest BCUT2D eigenvalue weighted by atomic mass is 35.5. The molecule has 4 rings (SSSR count). The number of sulfonamides is 1. The highest BCUT2D eigenvalue weighted by molar-refractivity contribution is 7.92. The second-order valence-corrected chi connectivity index (χ2v) is 9.39. The Hall–Kier alpha value is -3.56. The Morgan fingerprint density at radius 2 is 1.70 bits per heavy atom. The Morgan fingerprint density at radius 1 is 1.03 bits per heavy atom. The van der Waals surface area contributed by atoms with Crippen molar-refractivity contribution < 1.29 is 27.5 Å². The van der Waals surface area contributed by atoms with E-state index in [0.29, 0.717) is 10.7 Å². The van der Waals surface area contributed by atoms with Crippen LogP contribution < -0.4 is 14.4 Å². The molecule has 3 aromatic rings. The molecule has 1 atom stereocenters. The monoisotopic (exact) mass is 486 g/mol. The number of nitrogens with zero attached hydrogens (tertiary/aromatic N) is 1. The highest BCUT2D eigenvalue weighted by Gasteiger charge is 2.37. The van der Waals surface area contributed by atoms with Crippen molar-refractivity contribution in [1.29, 1.82) is 0 Å². The van der Waals surface area contributed by atoms with Crippen LogP contribution >= 0.6 is 11.6 Å². The van der Waals surface area contributed by atoms with Crippen LogP contribution in [0.3, 0.4) is 0 Å². The van der Waals surface area contributed by atoms with E-state index in [1.165, 1.54) is 37.4 Å². The van der Waals surface area contributed by atoms with Gasteiger partial charge >= 0.3 is 5.97 Å². The molecule has 0 unspecified atom stereocenters. The van der Waals surface area contributed by atoms with E-state index in [1.54, 1.807) is 42.5 Å². The lowest BCUT2D eigenvalue weighted by molar-refractivity contribution is -0.122. The Balaban J connectivity index is 1.66. The summed E-state index contributed by atoms with van der Waals surface area (Å²) < 4.78 is 38.5. The maximum atomic E-state index is 13.4. The van der Waals surface area contributed by atoms with Crippen molar-refractivity contribution in [3.05, 3.63) is 83.4 Å². The Labute approximate surface area is 195 Å². The molecule has 170 valence electrons. The van der Waals surface area contributed by atoms with Gasteiger partial charge in [0, 0.05) is 5.02 Å². The van der Waals surface area contributed by atoms with E-state index in [9.17, 15) is 18.0 Å². The molecule has 1 aliphatic heterocycles. The first-order valence-electron chi connectivity index (χ1n) is 9.83. The van der Waals surface area contributed by atoms with Crippen molar-refractivity contribution in [2.24, 2.45) is 0 Å². The molecule has 0 bridgehead atoms. The summed E-state index contributed by atoms with van der Waals surface area (Å²) in [5.74, 6) is -0.993. The van der Waals surface area contributed by atoms with Crippen LogP contribution in [0, 0.1) is 0 Å². The molecule has 33 heavy (non-hydrogen) atoms. The molecule has 3 aromatic carbocycles. The molecule has 0 radical (unpaired) electrons. The smallest absolute Gasteiger partial charge is 0.339 e. The average Bonchev–Trinajstić information content (AvgIpc) is 2.83. The first-order valence-corrected chi connectivity index (χ1v) is 11.7. The van der Waals surface area contributed by atoms with Gasteiger partial charge in [-0.1, -0.05) is 35.9 Å². The first kappa shape index (κ1) is 22.6. The van der Waals surface area contributed by atoms with Crippen LogP contribution in [-0.4, -0.2) is 40.1 Å². The van der Waals surface area contributed by atoms with E-state index < -0.39 is 28.0 Å². The molecule has 0 fully saturated rings. The zero-order valence-electron chi connectivity index (χ0n) is 17.4. The van der Waals surface area contributed by atoms with Crippen molar-refractivity contribution in [1.82, 2.24) is 0 Å². The van der Waals surface area contributed by atoms with Crippen molar-refractivity contribution in [3.63, 3.8) is 0 Å². The Morgan fingerprint density at radius 3 is 2.42 bits per heavy atom. The topological polar surface area (TPSA) is 102 Å². The van der Waals surface area contributed by atoms with Gasteiger partial charge in [-0.05, 0) is 48.5 Å². The highest BCUT2D eigenvalue weighted by Crippen LogP contribution is 2.37. The van der Waals surface area contributed by atoms with E-state index in [-0.39, 0.29) is 28.4 Å². The minimum Gasteiger partial charge on any atom is -0.476 e. The van der Waals surface area contributed by atoms with Crippen LogP contribution in [0.4, 0.5) is 11.4 Å². The summed E-state index contributed by atoms with van der Waals surface area (Å²) in [7, 11) is -2.78. The summed E-state index contributed by atoms with van der Waals surface area (Å²) in [5, 5.41) is 3.04. The van der Waals surface area contributed by atoms with Gasteiger partial charge in [-0.25, -0.2) is 13.2 Å². The number of anilines is 2. The van der Waals surface area contributed by atoms with Gasteiger partial charge in [0.15, 0.2) is 6.10 Å². The number of rotatable bonds is 5. The number of hydrogen-bond acceptors (Lipinski definition) is 6. The van der Waals surface area contributed by atoms with Gasteiger partial charge in [0.05, 0.1) is 35.5 Å². The standard InChI is InChI=1S/C23H19ClN2O6S/c1-31-23(28)17-6-2-3-7-18(17)25-22(27)21-14-26(19-8-4-5-9-20(19)32-21)33(29,30)16-12-10-15(24)11-13-16/h2-13,21H,14H2,1H3,(H,25,27)/t21-/m1/s1. The second-order valence-electron chi connectivity index (χ2n) is 7.09. The fourth-order valence-electron chi connectivity index (χ4n) is 3.39. The molecule has 1 N–H and O–H groups in total. The number of amides is 1. The lowest BCUT2D eigenvalue weighted by Gasteiger charge is -2.34. The van der Waals surface area contributed by atoms with Crippen molar-refractivity contribution >= 4 is 44.9 Å². The molecule has 0 saturated carbocycles. The number of benzene rings is 3. The van der Waals surface area contributed by atoms with Gasteiger partial charge in [0.1, 0.15) is 5.75 Å². The Kier molecular flexibility index (Phi) is 6.26. The molecule has 1 aliphatic rings. The quantitative estimate of drug-likeness (QED) is 0.551. The number of fused-ring (bicyclic) bond motifs is 1. The SMILES string of the molecule is COC(=O)c1ccccc1NC(=O)[C@H]1CN(S(=O)(=O)c2ccc(Cl)cc2)c2ccccc2O1. The third-order valence-electron chi connectivity index (χ3n) is 5.02. The third kappa shape index (κ3) is 4.50. The lowest BCUT2D eigenvalue weighted by atomic mass is 10.1. The van der Waals surface area contributed by atoms with Gasteiger partial charge in [0.25, 0.3) is 15.9 Å². The van der Waals surface area contributed by atoms with E-state index in [1.807, 2.05) is 0 Å². The van der Waals surface area contributed by atoms with Gasteiger partial charge in [-0.3, -0.25) is 9.10 Å². The van der Waals surface area contributed by atoms with Crippen LogP contribution in [0.2, 0.25) is 5.02 Å². The maximum absolute atomic E-state index is 13.4. The van der Waals surface area contributed by atoms with Gasteiger partial charge < -0.3 is 14.8 Å². The largest absolute Gasteiger partial charge is 0.476 e. The van der Waals surface area contributed by atoms with Gasteiger partial charge in [0.2, 0.25) is 0 Å². The van der Waals surface area contributed by atoms with Crippen molar-refractivity contribution in [3.8, 4) is 5.75 Å². The number of carbonyl (C=O) groups excluding carboxylic acids is 2. The van der Waals surface area contributed by atoms with Crippen LogP contribution in [0.5, 0.6) is 5.75 Å². The third-order valence-corrected chi connectivity index (χ3v) is 7.07. The summed E-state index contributed by atoms with van der Waals surface area (Å²) in [4.78, 5) is 25.1. The van der Waals surface area contributed by atoms with E-state index in [4.69, 9.17) is 21.1 Å². The molecule has 0 aliphatic carbocycles. The molecule has 0 saturated heterocycles. The predicted molar refractivity (Wildman–Crippen MR) is 123 cm³/mol. The maximum Gasteiger partial charge on any atom is 0.339 e. The number of carbonyl (C=O) groups is 2. The molecule has 1 amide bonds. The molecule has 1 heterocycles. The van der Waals surface area contributed by atoms with Gasteiger partial charge in [-0.2, -0.15) is 0 Å². The first-order chi connectivity index (χ1) is 15.8. The summed E-state index contributed by atoms with van der Waals surface area (Å²) in [5.41, 5.74) is 0.700. The van der Waals surface area contributed by atoms with Crippen molar-refractivity contribution in [2.75, 3.05) is 23.3 Å². The minimum atomic E-state index is -4.02. The van der Waals surface area contributed by atoms with Crippen molar-refractivity contribution in [2.45, 2.75) is 11.0 Å². The second kappa shape index (κ2) is 9.13. The molecule has 0 aromatic heterocycles. The fraction of sp³-hybridized carbons (Fsp3) is 0.130. The van der Waals surface area contributed by atoms with E-state index in [0.717, 1.165) is 4.31 Å². The van der Waals surface area contributed by atoms with Crippen LogP contribution in [0.1, 0.15) is 10.4 Å². The number of ether oxygens (including phenoxy) is 2. The van der Waals surface area contributed by atoms with Crippen LogP contribution in [0.25, 0.3) is 0 Å². The summed E-state index contributed by atoms with van der Waals surface area (Å²) in [6, 6.07) is 18.6. The summed E-state index contributed by atoms with van der Waals surface area (Å²) >= 11 is 5.90. The number of halogens is 1. The number of para-hydroxylation sites is 3. The van der Waals surface area contributed by atoms with Crippen LogP contribution in [0.15, 0.2) is 77.7 Å². The number of esters is 1. The summed E-state index contributed by atoms with van der Waals surface area (Å²) in [6.45, 7) is -0.270. The molecule has 0 spiro atoms. The molecule has 8 nitrogen and oxygen atoms in total. The molecule has 10 heteroatoms. The van der Waals surface area contributed by atoms with E-state index in [2.05, 4.69) is 5.32 Å². The zero-order valence-corrected chi connectivity index (χ0v) is 19.0. The normalized spacial score (nSPS) is 15.2. The van der Waals surface area contributed by atoms with Crippen LogP contribution in [-0.2, 0) is 19.6 Å². The Bertz CT molecular complexity index is 1310. The molecular formula is C23H19ClN2O6S. The zero-order chi connectivity index (χ0) is 23.6. The number of methoxy groups -OCH3 is 1. The minimum absolute atomic E-state index is 0.0267. The number of hydrogen-bond donors (Lipinski definition) is 1. The average molecular weight is 487 g/mol. The van der Waals surface area contributed by atoms with Gasteiger partial charge in [-0.15, -0.1) is 0 Å². The molecular weight excluding hydrogens is 468 g/mol. The summed E-state index contributed by atoms with van der Waals surface area (Å²) in [6.07, 6.45) is -1.17. The predicted octanol–water partition coefficient (Wildman–Crippen LogP) is 3.72. The lowest BCUT2D eigenvalue weighted by Crippen LogP contribution is -2.48. The fourth-order valence-corrected chi connectivity index (χ4v) is 5.00. The van der Waals surface area contributed by atoms with E-state index >= 15 is 0 Å².